The Morgan fingerprint density at radius 3 is 2.74 bits per heavy atom. The number of benzene rings is 1. The lowest BCUT2D eigenvalue weighted by atomic mass is 10.1. The van der Waals surface area contributed by atoms with Crippen molar-refractivity contribution < 1.29 is 19.4 Å². The van der Waals surface area contributed by atoms with Gasteiger partial charge in [-0.2, -0.15) is 5.10 Å². The second-order valence-electron chi connectivity index (χ2n) is 3.63. The number of ether oxygens (including phenoxy) is 1. The number of hydrogen-bond acceptors (Lipinski definition) is 5. The average molecular weight is 265 g/mol. The van der Waals surface area contributed by atoms with E-state index in [9.17, 15) is 14.7 Å². The van der Waals surface area contributed by atoms with Crippen LogP contribution in [0.25, 0.3) is 0 Å². The molecule has 0 aromatic heterocycles. The van der Waals surface area contributed by atoms with Crippen molar-refractivity contribution in [3.8, 4) is 5.75 Å². The average Bonchev–Trinajstić information content (AvgIpc) is 2.36. The summed E-state index contributed by atoms with van der Waals surface area (Å²) in [6.45, 7) is 3.55. The molecule has 7 nitrogen and oxygen atoms in total. The van der Waals surface area contributed by atoms with Crippen LogP contribution in [0.15, 0.2) is 23.3 Å². The summed E-state index contributed by atoms with van der Waals surface area (Å²) in [5, 5.41) is 13.2. The fraction of sp³-hybridized carbons (Fsp3) is 0.250. The number of primary amides is 1. The molecule has 0 heterocycles. The third-order valence-corrected chi connectivity index (χ3v) is 2.27. The number of aromatic hydroxyl groups is 1. The van der Waals surface area contributed by atoms with Gasteiger partial charge in [0.1, 0.15) is 5.75 Å². The zero-order valence-corrected chi connectivity index (χ0v) is 10.6. The SMILES string of the molecule is CCOC(=O)N/N=C(/C)c1ccc(O)c(C(N)=O)c1. The number of nitrogens with zero attached hydrogens (tertiary/aromatic N) is 1. The lowest BCUT2D eigenvalue weighted by Gasteiger charge is -2.05. The van der Waals surface area contributed by atoms with E-state index in [1.54, 1.807) is 19.9 Å². The van der Waals surface area contributed by atoms with E-state index in [1.165, 1.54) is 12.1 Å². The maximum atomic E-state index is 11.1. The summed E-state index contributed by atoms with van der Waals surface area (Å²) in [4.78, 5) is 22.1. The Labute approximate surface area is 110 Å². The van der Waals surface area contributed by atoms with Gasteiger partial charge in [-0.3, -0.25) is 4.79 Å². The molecule has 102 valence electrons. The van der Waals surface area contributed by atoms with Crippen molar-refractivity contribution in [3.63, 3.8) is 0 Å². The van der Waals surface area contributed by atoms with E-state index in [4.69, 9.17) is 5.73 Å². The van der Waals surface area contributed by atoms with Crippen LogP contribution in [-0.2, 0) is 4.74 Å². The third-order valence-electron chi connectivity index (χ3n) is 2.27. The number of phenols is 1. The molecule has 0 saturated heterocycles. The van der Waals surface area contributed by atoms with Crippen molar-refractivity contribution in [2.24, 2.45) is 10.8 Å². The molecular weight excluding hydrogens is 250 g/mol. The number of nitrogens with one attached hydrogen (secondary N) is 1. The molecule has 4 N–H and O–H groups in total. The Morgan fingerprint density at radius 1 is 1.47 bits per heavy atom. The Kier molecular flexibility index (Phi) is 4.87. The lowest BCUT2D eigenvalue weighted by molar-refractivity contribution is 0.0997. The standard InChI is InChI=1S/C12H15N3O4/c1-3-19-12(18)15-14-7(2)8-4-5-10(16)9(6-8)11(13)17/h4-6,16H,3H2,1-2H3,(H2,13,17)(H,15,18)/b14-7-. The van der Waals surface area contributed by atoms with Crippen LogP contribution >= 0.6 is 0 Å². The summed E-state index contributed by atoms with van der Waals surface area (Å²) in [7, 11) is 0. The van der Waals surface area contributed by atoms with Crippen LogP contribution in [0.4, 0.5) is 4.79 Å². The molecule has 0 unspecified atom stereocenters. The molecule has 1 rings (SSSR count). The van der Waals surface area contributed by atoms with Gasteiger partial charge in [-0.05, 0) is 37.6 Å². The van der Waals surface area contributed by atoms with Gasteiger partial charge >= 0.3 is 6.09 Å². The maximum Gasteiger partial charge on any atom is 0.427 e. The summed E-state index contributed by atoms with van der Waals surface area (Å²) in [5.41, 5.74) is 8.28. The summed E-state index contributed by atoms with van der Waals surface area (Å²) in [5.74, 6) is -0.951. The summed E-state index contributed by atoms with van der Waals surface area (Å²) in [6.07, 6.45) is -0.671. The van der Waals surface area contributed by atoms with E-state index >= 15 is 0 Å². The second-order valence-corrected chi connectivity index (χ2v) is 3.63. The van der Waals surface area contributed by atoms with E-state index < -0.39 is 12.0 Å². The number of nitrogens with two attached hydrogens (primary N) is 1. The molecule has 0 fully saturated rings. The van der Waals surface area contributed by atoms with Gasteiger partial charge in [0, 0.05) is 0 Å². The van der Waals surface area contributed by atoms with Crippen molar-refractivity contribution in [1.82, 2.24) is 5.43 Å². The molecule has 0 aliphatic heterocycles. The zero-order chi connectivity index (χ0) is 14.4. The summed E-state index contributed by atoms with van der Waals surface area (Å²) in [6, 6.07) is 4.27. The fourth-order valence-corrected chi connectivity index (χ4v) is 1.32. The van der Waals surface area contributed by atoms with E-state index in [1.807, 2.05) is 0 Å². The molecule has 7 heteroatoms. The first-order valence-electron chi connectivity index (χ1n) is 5.56. The number of hydrogen-bond donors (Lipinski definition) is 3. The molecule has 19 heavy (non-hydrogen) atoms. The molecule has 1 aromatic rings. The summed E-state index contributed by atoms with van der Waals surface area (Å²) >= 11 is 0. The minimum Gasteiger partial charge on any atom is -0.507 e. The zero-order valence-electron chi connectivity index (χ0n) is 10.6. The first-order chi connectivity index (χ1) is 8.95. The van der Waals surface area contributed by atoms with Crippen LogP contribution in [0, 0.1) is 0 Å². The largest absolute Gasteiger partial charge is 0.507 e. The van der Waals surface area contributed by atoms with Crippen LogP contribution in [-0.4, -0.2) is 29.4 Å². The lowest BCUT2D eigenvalue weighted by Crippen LogP contribution is -2.20. The van der Waals surface area contributed by atoms with Crippen molar-refractivity contribution >= 4 is 17.7 Å². The van der Waals surface area contributed by atoms with Crippen molar-refractivity contribution in [2.45, 2.75) is 13.8 Å². The van der Waals surface area contributed by atoms with Gasteiger partial charge in [0.2, 0.25) is 0 Å². The minimum atomic E-state index is -0.745. The second kappa shape index (κ2) is 6.39. The molecule has 1 aromatic carbocycles. The monoisotopic (exact) mass is 265 g/mol. The molecule has 0 spiro atoms. The van der Waals surface area contributed by atoms with Gasteiger partial charge in [-0.15, -0.1) is 0 Å². The molecule has 0 bridgehead atoms. The van der Waals surface area contributed by atoms with Crippen LogP contribution in [0.5, 0.6) is 5.75 Å². The molecule has 0 aliphatic rings. The highest BCUT2D eigenvalue weighted by molar-refractivity contribution is 6.03. The van der Waals surface area contributed by atoms with E-state index in [2.05, 4.69) is 15.3 Å². The Morgan fingerprint density at radius 2 is 2.16 bits per heavy atom. The highest BCUT2D eigenvalue weighted by atomic mass is 16.5. The molecule has 0 aliphatic carbocycles. The van der Waals surface area contributed by atoms with Gasteiger partial charge < -0.3 is 15.6 Å². The van der Waals surface area contributed by atoms with Gasteiger partial charge in [-0.1, -0.05) is 0 Å². The number of rotatable bonds is 4. The number of hydrazone groups is 1. The van der Waals surface area contributed by atoms with Crippen LogP contribution in [0.1, 0.15) is 29.8 Å². The Bertz CT molecular complexity index is 526. The highest BCUT2D eigenvalue weighted by Gasteiger charge is 2.10. The van der Waals surface area contributed by atoms with Gasteiger partial charge in [0.05, 0.1) is 17.9 Å². The van der Waals surface area contributed by atoms with E-state index in [0.29, 0.717) is 11.3 Å². The predicted molar refractivity (Wildman–Crippen MR) is 69.0 cm³/mol. The van der Waals surface area contributed by atoms with Crippen molar-refractivity contribution in [1.29, 1.82) is 0 Å². The highest BCUT2D eigenvalue weighted by Crippen LogP contribution is 2.18. The molecule has 0 radical (unpaired) electrons. The van der Waals surface area contributed by atoms with Gasteiger partial charge in [0.15, 0.2) is 0 Å². The molecule has 0 atom stereocenters. The summed E-state index contributed by atoms with van der Waals surface area (Å²) < 4.78 is 4.64. The topological polar surface area (TPSA) is 114 Å². The third kappa shape index (κ3) is 3.98. The Hall–Kier alpha value is -2.57. The quantitative estimate of drug-likeness (QED) is 0.555. The normalized spacial score (nSPS) is 10.9. The first kappa shape index (κ1) is 14.5. The van der Waals surface area contributed by atoms with Gasteiger partial charge in [0.25, 0.3) is 5.91 Å². The van der Waals surface area contributed by atoms with Crippen LogP contribution in [0.2, 0.25) is 0 Å². The smallest absolute Gasteiger partial charge is 0.427 e. The minimum absolute atomic E-state index is 0.0109. The van der Waals surface area contributed by atoms with Crippen molar-refractivity contribution in [2.75, 3.05) is 6.61 Å². The van der Waals surface area contributed by atoms with Crippen LogP contribution in [0.3, 0.4) is 0 Å². The molecular formula is C12H15N3O4. The van der Waals surface area contributed by atoms with Gasteiger partial charge in [-0.25, -0.2) is 10.2 Å². The molecule has 0 saturated carbocycles. The predicted octanol–water partition coefficient (Wildman–Crippen LogP) is 0.961. The number of carbonyl (C=O) groups is 2. The van der Waals surface area contributed by atoms with E-state index in [-0.39, 0.29) is 17.9 Å². The number of amides is 2. The maximum absolute atomic E-state index is 11.1. The first-order valence-corrected chi connectivity index (χ1v) is 5.56. The molecule has 2 amide bonds. The number of carbonyl (C=O) groups excluding carboxylic acids is 2. The van der Waals surface area contributed by atoms with Crippen LogP contribution < -0.4 is 11.2 Å². The van der Waals surface area contributed by atoms with E-state index in [0.717, 1.165) is 0 Å². The Balaban J connectivity index is 2.91. The van der Waals surface area contributed by atoms with Crippen molar-refractivity contribution in [3.05, 3.63) is 29.3 Å². The fourth-order valence-electron chi connectivity index (χ4n) is 1.32.